The lowest BCUT2D eigenvalue weighted by Gasteiger charge is -2.12. The van der Waals surface area contributed by atoms with Crippen LogP contribution in [0, 0.1) is 0 Å². The van der Waals surface area contributed by atoms with E-state index in [0.29, 0.717) is 0 Å². The number of benzene rings is 2. The lowest BCUT2D eigenvalue weighted by molar-refractivity contribution is -0.115. The first-order chi connectivity index (χ1) is 11.6. The van der Waals surface area contributed by atoms with Crippen LogP contribution in [0.3, 0.4) is 0 Å². The average molecular weight is 368 g/mol. The topological polar surface area (TPSA) is 156 Å². The fraction of sp³-hybridized carbons (Fsp3) is 0.133. The fourth-order valence-electron chi connectivity index (χ4n) is 1.89. The molecule has 0 aromatic heterocycles. The van der Waals surface area contributed by atoms with Gasteiger partial charge in [-0.2, -0.15) is 0 Å². The summed E-state index contributed by atoms with van der Waals surface area (Å²) in [6, 6.07) is 5.18. The van der Waals surface area contributed by atoms with E-state index in [0.717, 1.165) is 12.1 Å². The molecule has 1 amide bonds. The molecule has 0 heterocycles. The molecule has 0 saturated heterocycles. The van der Waals surface area contributed by atoms with Crippen LogP contribution in [0.2, 0.25) is 0 Å². The molecule has 0 saturated carbocycles. The molecule has 0 bridgehead atoms. The molecular formula is C15H16N2O7S. The Balaban J connectivity index is 2.35. The Morgan fingerprint density at radius 1 is 1.00 bits per heavy atom. The van der Waals surface area contributed by atoms with E-state index in [1.165, 1.54) is 18.2 Å². The summed E-state index contributed by atoms with van der Waals surface area (Å²) in [5.41, 5.74) is 0.0414. The molecule has 6 N–H and O–H groups in total. The van der Waals surface area contributed by atoms with Gasteiger partial charge in [-0.1, -0.05) is 6.92 Å². The summed E-state index contributed by atoms with van der Waals surface area (Å²) in [6.07, 6.45) is 0.168. The molecule has 2 rings (SSSR count). The lowest BCUT2D eigenvalue weighted by atomic mass is 10.2. The SMILES string of the molecule is CCC(=O)Nc1cc(NS(=O)(=O)c2cc(O)c(O)c(O)c2)ccc1O. The molecule has 2 aromatic rings. The molecular weight excluding hydrogens is 352 g/mol. The third kappa shape index (κ3) is 4.04. The second-order valence-electron chi connectivity index (χ2n) is 5.05. The second kappa shape index (κ2) is 6.77. The number of phenols is 4. The minimum Gasteiger partial charge on any atom is -0.506 e. The number of phenolic OH excluding ortho intramolecular Hbond substituents is 4. The Labute approximate surface area is 143 Å². The Bertz CT molecular complexity index is 902. The fourth-order valence-corrected chi connectivity index (χ4v) is 2.98. The summed E-state index contributed by atoms with van der Waals surface area (Å²) in [5, 5.41) is 40.3. The van der Waals surface area contributed by atoms with Gasteiger partial charge >= 0.3 is 0 Å². The largest absolute Gasteiger partial charge is 0.506 e. The zero-order valence-corrected chi connectivity index (χ0v) is 13.8. The van der Waals surface area contributed by atoms with Gasteiger partial charge in [0.1, 0.15) is 5.75 Å². The predicted octanol–water partition coefficient (Wildman–Crippen LogP) is 1.66. The summed E-state index contributed by atoms with van der Waals surface area (Å²) >= 11 is 0. The van der Waals surface area contributed by atoms with Gasteiger partial charge in [0, 0.05) is 18.6 Å². The summed E-state index contributed by atoms with van der Waals surface area (Å²) in [7, 11) is -4.21. The number of hydrogen-bond acceptors (Lipinski definition) is 7. The summed E-state index contributed by atoms with van der Waals surface area (Å²) in [5.74, 6) is -3.06. The molecule has 10 heteroatoms. The van der Waals surface area contributed by atoms with Crippen molar-refractivity contribution >= 4 is 27.3 Å². The van der Waals surface area contributed by atoms with E-state index in [1.54, 1.807) is 6.92 Å². The molecule has 0 aliphatic heterocycles. The van der Waals surface area contributed by atoms with Gasteiger partial charge in [-0.3, -0.25) is 9.52 Å². The van der Waals surface area contributed by atoms with E-state index in [1.807, 2.05) is 0 Å². The minimum absolute atomic E-state index is 0.0171. The Hall–Kier alpha value is -3.14. The zero-order valence-electron chi connectivity index (χ0n) is 13.0. The first-order valence-electron chi connectivity index (χ1n) is 7.04. The van der Waals surface area contributed by atoms with Crippen LogP contribution < -0.4 is 10.0 Å². The van der Waals surface area contributed by atoms with Crippen LogP contribution >= 0.6 is 0 Å². The number of amides is 1. The molecule has 0 fully saturated rings. The van der Waals surface area contributed by atoms with E-state index < -0.39 is 32.2 Å². The van der Waals surface area contributed by atoms with Crippen LogP contribution in [-0.4, -0.2) is 34.8 Å². The molecule has 0 radical (unpaired) electrons. The van der Waals surface area contributed by atoms with Crippen molar-refractivity contribution in [3.05, 3.63) is 30.3 Å². The van der Waals surface area contributed by atoms with E-state index >= 15 is 0 Å². The van der Waals surface area contributed by atoms with Gasteiger partial charge < -0.3 is 25.7 Å². The number of carbonyl (C=O) groups excluding carboxylic acids is 1. The van der Waals surface area contributed by atoms with Crippen LogP contribution in [0.4, 0.5) is 11.4 Å². The third-order valence-electron chi connectivity index (χ3n) is 3.20. The van der Waals surface area contributed by atoms with Crippen molar-refractivity contribution in [3.63, 3.8) is 0 Å². The molecule has 25 heavy (non-hydrogen) atoms. The number of carbonyl (C=O) groups is 1. The van der Waals surface area contributed by atoms with Crippen LogP contribution in [0.1, 0.15) is 13.3 Å². The maximum Gasteiger partial charge on any atom is 0.262 e. The first kappa shape index (κ1) is 18.2. The molecule has 0 unspecified atom stereocenters. The van der Waals surface area contributed by atoms with Gasteiger partial charge in [0.15, 0.2) is 17.2 Å². The summed E-state index contributed by atoms with van der Waals surface area (Å²) in [6.45, 7) is 1.61. The Kier molecular flexibility index (Phi) is 4.93. The van der Waals surface area contributed by atoms with E-state index in [9.17, 15) is 33.6 Å². The van der Waals surface area contributed by atoms with E-state index in [2.05, 4.69) is 10.0 Å². The highest BCUT2D eigenvalue weighted by Gasteiger charge is 2.20. The van der Waals surface area contributed by atoms with Gasteiger partial charge in [-0.05, 0) is 18.2 Å². The summed E-state index contributed by atoms with van der Waals surface area (Å²) < 4.78 is 26.8. The smallest absolute Gasteiger partial charge is 0.262 e. The maximum atomic E-state index is 12.3. The van der Waals surface area contributed by atoms with Crippen molar-refractivity contribution in [1.29, 1.82) is 0 Å². The Morgan fingerprint density at radius 2 is 1.60 bits per heavy atom. The van der Waals surface area contributed by atoms with E-state index in [-0.39, 0.29) is 29.5 Å². The Morgan fingerprint density at radius 3 is 2.16 bits per heavy atom. The van der Waals surface area contributed by atoms with Crippen LogP contribution in [0.25, 0.3) is 0 Å². The molecule has 0 atom stereocenters. The van der Waals surface area contributed by atoms with Crippen molar-refractivity contribution in [1.82, 2.24) is 0 Å². The summed E-state index contributed by atoms with van der Waals surface area (Å²) in [4.78, 5) is 10.9. The van der Waals surface area contributed by atoms with Gasteiger partial charge in [-0.15, -0.1) is 0 Å². The van der Waals surface area contributed by atoms with Crippen LogP contribution in [0.5, 0.6) is 23.0 Å². The predicted molar refractivity (Wildman–Crippen MR) is 89.3 cm³/mol. The van der Waals surface area contributed by atoms with Gasteiger partial charge in [0.2, 0.25) is 5.91 Å². The number of hydrogen-bond donors (Lipinski definition) is 6. The van der Waals surface area contributed by atoms with Gasteiger partial charge in [-0.25, -0.2) is 8.42 Å². The molecule has 9 nitrogen and oxygen atoms in total. The standard InChI is InChI=1S/C15H16N2O7S/c1-2-14(21)16-10-5-8(3-4-11(10)18)17-25(23,24)9-6-12(19)15(22)13(20)7-9/h3-7,17-20,22H,2H2,1H3,(H,16,21). The van der Waals surface area contributed by atoms with Crippen molar-refractivity contribution in [2.75, 3.05) is 10.0 Å². The van der Waals surface area contributed by atoms with Crippen molar-refractivity contribution < 1.29 is 33.6 Å². The molecule has 0 aliphatic carbocycles. The van der Waals surface area contributed by atoms with E-state index in [4.69, 9.17) is 0 Å². The quantitative estimate of drug-likeness (QED) is 0.346. The number of aromatic hydroxyl groups is 4. The van der Waals surface area contributed by atoms with Crippen molar-refractivity contribution in [2.45, 2.75) is 18.2 Å². The number of rotatable bonds is 5. The highest BCUT2D eigenvalue weighted by Crippen LogP contribution is 2.37. The molecule has 0 spiro atoms. The molecule has 2 aromatic carbocycles. The van der Waals surface area contributed by atoms with Gasteiger partial charge in [0.05, 0.1) is 16.3 Å². The lowest BCUT2D eigenvalue weighted by Crippen LogP contribution is -2.14. The normalized spacial score (nSPS) is 11.1. The van der Waals surface area contributed by atoms with Crippen molar-refractivity contribution in [3.8, 4) is 23.0 Å². The van der Waals surface area contributed by atoms with Crippen molar-refractivity contribution in [2.24, 2.45) is 0 Å². The second-order valence-corrected chi connectivity index (χ2v) is 6.73. The number of nitrogens with one attached hydrogen (secondary N) is 2. The van der Waals surface area contributed by atoms with Crippen LogP contribution in [0.15, 0.2) is 35.2 Å². The number of sulfonamides is 1. The number of anilines is 2. The monoisotopic (exact) mass is 368 g/mol. The third-order valence-corrected chi connectivity index (χ3v) is 4.56. The minimum atomic E-state index is -4.21. The van der Waals surface area contributed by atoms with Crippen LogP contribution in [-0.2, 0) is 14.8 Å². The zero-order chi connectivity index (χ0) is 18.8. The average Bonchev–Trinajstić information content (AvgIpc) is 2.54. The highest BCUT2D eigenvalue weighted by molar-refractivity contribution is 7.92. The van der Waals surface area contributed by atoms with Gasteiger partial charge in [0.25, 0.3) is 10.0 Å². The maximum absolute atomic E-state index is 12.3. The first-order valence-corrected chi connectivity index (χ1v) is 8.53. The molecule has 134 valence electrons. The molecule has 0 aliphatic rings. The highest BCUT2D eigenvalue weighted by atomic mass is 32.2.